The third-order valence-corrected chi connectivity index (χ3v) is 4.53. The van der Waals surface area contributed by atoms with Crippen LogP contribution < -0.4 is 10.6 Å². The standard InChI is InChI=1S/C17H22N2OS2/c1-13-6-7-14(2)16(11-13)19-17(21)18-8-4-10-22-12-15-5-3-9-20-15/h3,5-7,9,11H,4,8,10,12H2,1-2H3,(H2,18,19,21). The van der Waals surface area contributed by atoms with E-state index in [0.29, 0.717) is 5.11 Å². The van der Waals surface area contributed by atoms with Crippen LogP contribution in [0.25, 0.3) is 0 Å². The van der Waals surface area contributed by atoms with E-state index in [1.165, 1.54) is 11.1 Å². The fraction of sp³-hybridized carbons (Fsp3) is 0.353. The summed E-state index contributed by atoms with van der Waals surface area (Å²) in [5.74, 6) is 3.04. The molecule has 0 bridgehead atoms. The van der Waals surface area contributed by atoms with Crippen molar-refractivity contribution in [2.45, 2.75) is 26.0 Å². The van der Waals surface area contributed by atoms with Crippen molar-refractivity contribution in [2.24, 2.45) is 0 Å². The van der Waals surface area contributed by atoms with E-state index in [9.17, 15) is 0 Å². The lowest BCUT2D eigenvalue weighted by Crippen LogP contribution is -2.29. The van der Waals surface area contributed by atoms with Crippen LogP contribution in [-0.2, 0) is 5.75 Å². The van der Waals surface area contributed by atoms with Crippen LogP contribution in [0.3, 0.4) is 0 Å². The number of furan rings is 1. The molecule has 0 aliphatic carbocycles. The monoisotopic (exact) mass is 334 g/mol. The molecular formula is C17H22N2OS2. The molecule has 22 heavy (non-hydrogen) atoms. The Hall–Kier alpha value is -1.46. The Balaban J connectivity index is 1.60. The molecule has 1 heterocycles. The third-order valence-electron chi connectivity index (χ3n) is 3.22. The van der Waals surface area contributed by atoms with Crippen molar-refractivity contribution in [1.82, 2.24) is 5.32 Å². The van der Waals surface area contributed by atoms with Crippen molar-refractivity contribution in [3.8, 4) is 0 Å². The Bertz CT molecular complexity index is 597. The number of rotatable bonds is 7. The fourth-order valence-electron chi connectivity index (χ4n) is 1.98. The number of aryl methyl sites for hydroxylation is 2. The summed E-state index contributed by atoms with van der Waals surface area (Å²) in [7, 11) is 0. The van der Waals surface area contributed by atoms with E-state index in [1.54, 1.807) is 6.26 Å². The second-order valence-electron chi connectivity index (χ2n) is 5.18. The van der Waals surface area contributed by atoms with Crippen LogP contribution in [0.1, 0.15) is 23.3 Å². The van der Waals surface area contributed by atoms with Crippen LogP contribution in [0.2, 0.25) is 0 Å². The number of nitrogens with one attached hydrogen (secondary N) is 2. The van der Waals surface area contributed by atoms with E-state index >= 15 is 0 Å². The van der Waals surface area contributed by atoms with E-state index in [4.69, 9.17) is 16.6 Å². The molecule has 118 valence electrons. The third kappa shape index (κ3) is 5.73. The molecule has 1 aromatic carbocycles. The summed E-state index contributed by atoms with van der Waals surface area (Å²) in [5.41, 5.74) is 3.50. The molecule has 0 saturated carbocycles. The largest absolute Gasteiger partial charge is 0.468 e. The second-order valence-corrected chi connectivity index (χ2v) is 6.70. The van der Waals surface area contributed by atoms with E-state index in [-0.39, 0.29) is 0 Å². The van der Waals surface area contributed by atoms with Gasteiger partial charge in [0.05, 0.1) is 12.0 Å². The van der Waals surface area contributed by atoms with Gasteiger partial charge in [-0.3, -0.25) is 0 Å². The van der Waals surface area contributed by atoms with Crippen molar-refractivity contribution >= 4 is 34.8 Å². The van der Waals surface area contributed by atoms with Crippen LogP contribution >= 0.6 is 24.0 Å². The van der Waals surface area contributed by atoms with Crippen molar-refractivity contribution in [3.63, 3.8) is 0 Å². The Kier molecular flexibility index (Phi) is 6.80. The summed E-state index contributed by atoms with van der Waals surface area (Å²) in [6.07, 6.45) is 2.79. The molecule has 3 nitrogen and oxygen atoms in total. The molecule has 5 heteroatoms. The summed E-state index contributed by atoms with van der Waals surface area (Å²) in [6, 6.07) is 10.3. The summed E-state index contributed by atoms with van der Waals surface area (Å²) >= 11 is 7.21. The lowest BCUT2D eigenvalue weighted by atomic mass is 10.1. The lowest BCUT2D eigenvalue weighted by Gasteiger charge is -2.13. The highest BCUT2D eigenvalue weighted by Gasteiger charge is 2.01. The number of benzene rings is 1. The number of thioether (sulfide) groups is 1. The summed E-state index contributed by atoms with van der Waals surface area (Å²) in [6.45, 7) is 5.04. The van der Waals surface area contributed by atoms with Crippen molar-refractivity contribution in [2.75, 3.05) is 17.6 Å². The first kappa shape index (κ1) is 16.9. The average Bonchev–Trinajstić information content (AvgIpc) is 3.00. The molecule has 2 rings (SSSR count). The van der Waals surface area contributed by atoms with Crippen LogP contribution in [0.4, 0.5) is 5.69 Å². The first-order valence-corrected chi connectivity index (χ1v) is 8.93. The van der Waals surface area contributed by atoms with Gasteiger partial charge in [-0.25, -0.2) is 0 Å². The second kappa shape index (κ2) is 8.86. The first-order chi connectivity index (χ1) is 10.6. The summed E-state index contributed by atoms with van der Waals surface area (Å²) in [5, 5.41) is 7.20. The maximum absolute atomic E-state index is 5.34. The van der Waals surface area contributed by atoms with E-state index < -0.39 is 0 Å². The molecule has 0 amide bonds. The van der Waals surface area contributed by atoms with Crippen LogP contribution in [-0.4, -0.2) is 17.4 Å². The summed E-state index contributed by atoms with van der Waals surface area (Å²) < 4.78 is 5.30. The van der Waals surface area contributed by atoms with Crippen LogP contribution in [0.5, 0.6) is 0 Å². The van der Waals surface area contributed by atoms with Crippen molar-refractivity contribution < 1.29 is 4.42 Å². The summed E-state index contributed by atoms with van der Waals surface area (Å²) in [4.78, 5) is 0. The van der Waals surface area contributed by atoms with Gasteiger partial charge in [-0.2, -0.15) is 11.8 Å². The zero-order valence-corrected chi connectivity index (χ0v) is 14.7. The van der Waals surface area contributed by atoms with Crippen molar-refractivity contribution in [1.29, 1.82) is 0 Å². The van der Waals surface area contributed by atoms with Gasteiger partial charge >= 0.3 is 0 Å². The van der Waals surface area contributed by atoms with Gasteiger partial charge in [-0.15, -0.1) is 0 Å². The van der Waals surface area contributed by atoms with Crippen LogP contribution in [0.15, 0.2) is 41.0 Å². The highest BCUT2D eigenvalue weighted by atomic mass is 32.2. The molecule has 1 aromatic heterocycles. The van der Waals surface area contributed by atoms with Gasteiger partial charge < -0.3 is 15.1 Å². The Morgan fingerprint density at radius 2 is 2.14 bits per heavy atom. The number of hydrogen-bond donors (Lipinski definition) is 2. The predicted octanol–water partition coefficient (Wildman–Crippen LogP) is 4.51. The minimum atomic E-state index is 0.685. The van der Waals surface area contributed by atoms with E-state index in [0.717, 1.165) is 35.9 Å². The normalized spacial score (nSPS) is 10.5. The fourth-order valence-corrected chi connectivity index (χ4v) is 3.05. The quantitative estimate of drug-likeness (QED) is 0.576. The zero-order chi connectivity index (χ0) is 15.8. The molecule has 0 aliphatic heterocycles. The Morgan fingerprint density at radius 1 is 1.27 bits per heavy atom. The number of thiocarbonyl (C=S) groups is 1. The number of anilines is 1. The molecule has 0 fully saturated rings. The van der Waals surface area contributed by atoms with E-state index in [1.807, 2.05) is 23.9 Å². The minimum Gasteiger partial charge on any atom is -0.468 e. The Labute approximate surface area is 141 Å². The van der Waals surface area contributed by atoms with Crippen molar-refractivity contribution in [3.05, 3.63) is 53.5 Å². The minimum absolute atomic E-state index is 0.685. The molecule has 0 saturated heterocycles. The molecule has 0 radical (unpaired) electrons. The van der Waals surface area contributed by atoms with Gasteiger partial charge in [0.2, 0.25) is 0 Å². The number of hydrogen-bond acceptors (Lipinski definition) is 3. The lowest BCUT2D eigenvalue weighted by molar-refractivity contribution is 0.530. The molecule has 0 aliphatic rings. The average molecular weight is 335 g/mol. The van der Waals surface area contributed by atoms with E-state index in [2.05, 4.69) is 42.7 Å². The SMILES string of the molecule is Cc1ccc(C)c(NC(=S)NCCCSCc2ccco2)c1. The van der Waals surface area contributed by atoms with Crippen LogP contribution in [0, 0.1) is 13.8 Å². The zero-order valence-electron chi connectivity index (χ0n) is 13.0. The van der Waals surface area contributed by atoms with Gasteiger partial charge in [-0.05, 0) is 67.6 Å². The van der Waals surface area contributed by atoms with Gasteiger partial charge in [0.25, 0.3) is 0 Å². The highest BCUT2D eigenvalue weighted by Crippen LogP contribution is 2.16. The van der Waals surface area contributed by atoms with Gasteiger partial charge in [-0.1, -0.05) is 12.1 Å². The van der Waals surface area contributed by atoms with Gasteiger partial charge in [0.15, 0.2) is 5.11 Å². The molecule has 0 spiro atoms. The molecule has 2 aromatic rings. The molecular weight excluding hydrogens is 312 g/mol. The first-order valence-electron chi connectivity index (χ1n) is 7.37. The smallest absolute Gasteiger partial charge is 0.170 e. The predicted molar refractivity (Wildman–Crippen MR) is 99.6 cm³/mol. The topological polar surface area (TPSA) is 37.2 Å². The molecule has 0 atom stereocenters. The van der Waals surface area contributed by atoms with Gasteiger partial charge in [0.1, 0.15) is 5.76 Å². The maximum Gasteiger partial charge on any atom is 0.170 e. The molecule has 2 N–H and O–H groups in total. The molecule has 0 unspecified atom stereocenters. The van der Waals surface area contributed by atoms with Gasteiger partial charge in [0, 0.05) is 12.2 Å². The highest BCUT2D eigenvalue weighted by molar-refractivity contribution is 7.98. The Morgan fingerprint density at radius 3 is 2.91 bits per heavy atom. The maximum atomic E-state index is 5.34.